The molecule has 0 saturated heterocycles. The van der Waals surface area contributed by atoms with E-state index in [9.17, 15) is 9.59 Å². The second-order valence-electron chi connectivity index (χ2n) is 5.64. The maximum absolute atomic E-state index is 12.9. The van der Waals surface area contributed by atoms with Crippen LogP contribution in [0.3, 0.4) is 0 Å². The Balaban J connectivity index is 2.05. The molecule has 24 heavy (non-hydrogen) atoms. The van der Waals surface area contributed by atoms with E-state index in [1.165, 1.54) is 16.2 Å². The molecule has 3 aromatic rings. The van der Waals surface area contributed by atoms with Crippen LogP contribution in [0.2, 0.25) is 0 Å². The van der Waals surface area contributed by atoms with Crippen molar-refractivity contribution in [1.82, 2.24) is 0 Å². The number of thiophene rings is 2. The van der Waals surface area contributed by atoms with Gasteiger partial charge in [-0.3, -0.25) is 9.59 Å². The zero-order valence-electron chi connectivity index (χ0n) is 13.8. The average Bonchev–Trinajstić information content (AvgIpc) is 3.05. The Hall–Kier alpha value is -1.98. The fourth-order valence-corrected chi connectivity index (χ4v) is 5.17. The van der Waals surface area contributed by atoms with E-state index in [-0.39, 0.29) is 18.2 Å². The van der Waals surface area contributed by atoms with Crippen LogP contribution >= 0.6 is 22.7 Å². The molecule has 0 aliphatic carbocycles. The lowest BCUT2D eigenvalue weighted by Gasteiger charge is -2.05. The van der Waals surface area contributed by atoms with Crippen LogP contribution in [0.1, 0.15) is 38.2 Å². The van der Waals surface area contributed by atoms with Gasteiger partial charge in [-0.05, 0) is 32.4 Å². The lowest BCUT2D eigenvalue weighted by molar-refractivity contribution is -0.142. The van der Waals surface area contributed by atoms with Crippen LogP contribution in [-0.2, 0) is 16.0 Å². The highest BCUT2D eigenvalue weighted by atomic mass is 32.2. The number of rotatable bonds is 5. The summed E-state index contributed by atoms with van der Waals surface area (Å²) in [6.07, 6.45) is 0.136. The van der Waals surface area contributed by atoms with Crippen LogP contribution in [0.25, 0.3) is 9.40 Å². The minimum absolute atomic E-state index is 0.0275. The number of ether oxygens (including phenoxy) is 1. The Morgan fingerprint density at radius 3 is 2.46 bits per heavy atom. The van der Waals surface area contributed by atoms with Crippen LogP contribution in [0.15, 0.2) is 30.3 Å². The molecule has 1 aromatic carbocycles. The van der Waals surface area contributed by atoms with E-state index in [4.69, 9.17) is 4.74 Å². The molecule has 0 N–H and O–H groups in total. The second kappa shape index (κ2) is 6.87. The Morgan fingerprint density at radius 2 is 1.79 bits per heavy atom. The van der Waals surface area contributed by atoms with Gasteiger partial charge >= 0.3 is 5.97 Å². The van der Waals surface area contributed by atoms with Gasteiger partial charge in [-0.25, -0.2) is 0 Å². The summed E-state index contributed by atoms with van der Waals surface area (Å²) in [5.41, 5.74) is 2.56. The molecular weight excluding hydrogens is 340 g/mol. The fraction of sp³-hybridized carbons (Fsp3) is 0.263. The monoisotopic (exact) mass is 358 g/mol. The van der Waals surface area contributed by atoms with Gasteiger partial charge in [-0.2, -0.15) is 0 Å². The lowest BCUT2D eigenvalue weighted by atomic mass is 10.0. The third-order valence-electron chi connectivity index (χ3n) is 3.76. The number of ketones is 1. The van der Waals surface area contributed by atoms with E-state index >= 15 is 0 Å². The van der Waals surface area contributed by atoms with E-state index in [1.54, 1.807) is 18.3 Å². The van der Waals surface area contributed by atoms with Crippen molar-refractivity contribution in [3.05, 3.63) is 56.8 Å². The van der Waals surface area contributed by atoms with Gasteiger partial charge in [-0.15, -0.1) is 22.7 Å². The van der Waals surface area contributed by atoms with Crippen molar-refractivity contribution < 1.29 is 14.3 Å². The van der Waals surface area contributed by atoms with Crippen molar-refractivity contribution in [2.24, 2.45) is 0 Å². The highest BCUT2D eigenvalue weighted by Crippen LogP contribution is 2.39. The normalized spacial score (nSPS) is 11.0. The van der Waals surface area contributed by atoms with E-state index in [1.807, 2.05) is 38.1 Å². The number of hydrogen-bond acceptors (Lipinski definition) is 5. The molecule has 0 fully saturated rings. The number of fused-ring (bicyclic) bond motifs is 1. The van der Waals surface area contributed by atoms with Crippen molar-refractivity contribution in [2.45, 2.75) is 27.2 Å². The molecule has 0 radical (unpaired) electrons. The summed E-state index contributed by atoms with van der Waals surface area (Å²) in [6.45, 7) is 6.15. The molecule has 0 spiro atoms. The largest absolute Gasteiger partial charge is 0.466 e. The van der Waals surface area contributed by atoms with Crippen molar-refractivity contribution in [2.75, 3.05) is 6.61 Å². The standard InChI is InChI=1S/C19H18O3S2/c1-4-22-16(20)10-14-15-9-12(3)23-19(15)24-18(14)17(21)13-7-5-11(2)6-8-13/h5-9H,4,10H2,1-3H3. The number of hydrogen-bond donors (Lipinski definition) is 0. The van der Waals surface area contributed by atoms with E-state index in [2.05, 4.69) is 6.07 Å². The number of aryl methyl sites for hydroxylation is 2. The summed E-state index contributed by atoms with van der Waals surface area (Å²) >= 11 is 3.13. The van der Waals surface area contributed by atoms with E-state index in [0.717, 1.165) is 20.5 Å². The Kier molecular flexibility index (Phi) is 4.83. The van der Waals surface area contributed by atoms with Crippen LogP contribution < -0.4 is 0 Å². The maximum Gasteiger partial charge on any atom is 0.310 e. The van der Waals surface area contributed by atoms with Gasteiger partial charge in [0.05, 0.1) is 21.9 Å². The highest BCUT2D eigenvalue weighted by Gasteiger charge is 2.23. The smallest absolute Gasteiger partial charge is 0.310 e. The lowest BCUT2D eigenvalue weighted by Crippen LogP contribution is -2.10. The van der Waals surface area contributed by atoms with Gasteiger partial charge in [-0.1, -0.05) is 29.8 Å². The number of esters is 1. The third kappa shape index (κ3) is 3.28. The predicted octanol–water partition coefficient (Wildman–Crippen LogP) is 4.92. The Labute approximate surface area is 148 Å². The first-order valence-corrected chi connectivity index (χ1v) is 9.41. The van der Waals surface area contributed by atoms with Gasteiger partial charge in [0.25, 0.3) is 0 Å². The number of carbonyl (C=O) groups excluding carboxylic acids is 2. The summed E-state index contributed by atoms with van der Waals surface area (Å²) in [6, 6.07) is 9.59. The zero-order chi connectivity index (χ0) is 17.3. The molecule has 3 nitrogen and oxygen atoms in total. The molecule has 0 atom stereocenters. The molecule has 2 aromatic heterocycles. The minimum Gasteiger partial charge on any atom is -0.466 e. The van der Waals surface area contributed by atoms with Gasteiger partial charge in [0.15, 0.2) is 0 Å². The van der Waals surface area contributed by atoms with Gasteiger partial charge < -0.3 is 4.74 Å². The summed E-state index contributed by atoms with van der Waals surface area (Å²) in [5, 5.41) is 1.01. The van der Waals surface area contributed by atoms with Crippen LogP contribution in [0.4, 0.5) is 0 Å². The molecular formula is C19H18O3S2. The van der Waals surface area contributed by atoms with Crippen molar-refractivity contribution in [1.29, 1.82) is 0 Å². The van der Waals surface area contributed by atoms with E-state index in [0.29, 0.717) is 17.0 Å². The molecule has 124 valence electrons. The number of benzene rings is 1. The van der Waals surface area contributed by atoms with Gasteiger partial charge in [0.1, 0.15) is 0 Å². The zero-order valence-corrected chi connectivity index (χ0v) is 15.5. The highest BCUT2D eigenvalue weighted by molar-refractivity contribution is 7.39. The molecule has 0 saturated carbocycles. The third-order valence-corrected chi connectivity index (χ3v) is 6.15. The quantitative estimate of drug-likeness (QED) is 0.480. The Morgan fingerprint density at radius 1 is 1.08 bits per heavy atom. The first-order chi connectivity index (χ1) is 11.5. The molecule has 0 aliphatic heterocycles. The molecule has 5 heteroatoms. The summed E-state index contributed by atoms with van der Waals surface area (Å²) in [7, 11) is 0. The molecule has 3 rings (SSSR count). The first-order valence-electron chi connectivity index (χ1n) is 7.78. The molecule has 2 heterocycles. The van der Waals surface area contributed by atoms with Gasteiger partial charge in [0, 0.05) is 15.8 Å². The predicted molar refractivity (Wildman–Crippen MR) is 99.4 cm³/mol. The van der Waals surface area contributed by atoms with Crippen molar-refractivity contribution in [3.63, 3.8) is 0 Å². The van der Waals surface area contributed by atoms with Crippen LogP contribution in [0, 0.1) is 13.8 Å². The molecule has 0 aliphatic rings. The van der Waals surface area contributed by atoms with Crippen molar-refractivity contribution in [3.8, 4) is 0 Å². The Bertz CT molecular complexity index is 901. The number of carbonyl (C=O) groups is 2. The van der Waals surface area contributed by atoms with Crippen LogP contribution in [0.5, 0.6) is 0 Å². The SMILES string of the molecule is CCOC(=O)Cc1c(C(=O)c2ccc(C)cc2)sc2sc(C)cc12. The maximum atomic E-state index is 12.9. The topological polar surface area (TPSA) is 43.4 Å². The van der Waals surface area contributed by atoms with Crippen LogP contribution in [-0.4, -0.2) is 18.4 Å². The average molecular weight is 358 g/mol. The summed E-state index contributed by atoms with van der Waals surface area (Å²) in [5.74, 6) is -0.320. The fourth-order valence-electron chi connectivity index (χ4n) is 2.61. The van der Waals surface area contributed by atoms with Crippen molar-refractivity contribution >= 4 is 43.8 Å². The minimum atomic E-state index is -0.293. The van der Waals surface area contributed by atoms with E-state index < -0.39 is 0 Å². The summed E-state index contributed by atoms with van der Waals surface area (Å²) < 4.78 is 6.17. The second-order valence-corrected chi connectivity index (χ2v) is 8.18. The molecule has 0 amide bonds. The molecule has 0 unspecified atom stereocenters. The van der Waals surface area contributed by atoms with Gasteiger partial charge in [0.2, 0.25) is 5.78 Å². The first kappa shape index (κ1) is 16.9. The summed E-state index contributed by atoms with van der Waals surface area (Å²) in [4.78, 5) is 26.7. The molecule has 0 bridgehead atoms.